The summed E-state index contributed by atoms with van der Waals surface area (Å²) in [6.07, 6.45) is 3.08. The van der Waals surface area contributed by atoms with Crippen molar-refractivity contribution in [1.29, 1.82) is 0 Å². The second kappa shape index (κ2) is 8.23. The molecule has 1 amide bonds. The highest BCUT2D eigenvalue weighted by atomic mass is 35.5. The van der Waals surface area contributed by atoms with Crippen molar-refractivity contribution >= 4 is 34.7 Å². The molecule has 0 unspecified atom stereocenters. The molecule has 4 rings (SSSR count). The summed E-state index contributed by atoms with van der Waals surface area (Å²) >= 11 is 5.52. The highest BCUT2D eigenvalue weighted by Gasteiger charge is 2.33. The Morgan fingerprint density at radius 2 is 1.87 bits per heavy atom. The van der Waals surface area contributed by atoms with E-state index in [4.69, 9.17) is 11.6 Å². The fraction of sp³-hybridized carbons (Fsp3) is 0.100. The number of carbonyl (C=O) groups excluding carboxylic acids is 1. The Labute approximate surface area is 178 Å². The van der Waals surface area contributed by atoms with Crippen LogP contribution in [0.25, 0.3) is 16.9 Å². The maximum absolute atomic E-state index is 12.9. The molecule has 4 aromatic rings. The molecule has 0 aliphatic heterocycles. The number of hydrogen-bond donors (Lipinski definition) is 2. The third-order valence-corrected chi connectivity index (χ3v) is 4.68. The number of anilines is 2. The van der Waals surface area contributed by atoms with E-state index in [0.29, 0.717) is 11.8 Å². The topological polar surface area (TPSA) is 84.2 Å². The van der Waals surface area contributed by atoms with Crippen molar-refractivity contribution in [1.82, 2.24) is 19.4 Å². The SMILES string of the molecule is O=C(CNc1ccc(-c2cnc3cnccn23)cc1)Nc1cc(C(F)(F)F)c(Cl)cn1. The predicted octanol–water partition coefficient (Wildman–Crippen LogP) is 4.51. The summed E-state index contributed by atoms with van der Waals surface area (Å²) in [5.41, 5.74) is 2.12. The molecule has 1 aromatic carbocycles. The second-order valence-electron chi connectivity index (χ2n) is 6.47. The van der Waals surface area contributed by atoms with E-state index in [1.807, 2.05) is 22.7 Å². The Kier molecular flexibility index (Phi) is 5.47. The van der Waals surface area contributed by atoms with E-state index in [9.17, 15) is 18.0 Å². The van der Waals surface area contributed by atoms with Crippen molar-refractivity contribution in [2.24, 2.45) is 0 Å². The third kappa shape index (κ3) is 4.58. The van der Waals surface area contributed by atoms with Crippen molar-refractivity contribution < 1.29 is 18.0 Å². The summed E-state index contributed by atoms with van der Waals surface area (Å²) < 4.78 is 40.6. The first-order valence-corrected chi connectivity index (χ1v) is 9.33. The van der Waals surface area contributed by atoms with Crippen LogP contribution < -0.4 is 10.6 Å². The van der Waals surface area contributed by atoms with Gasteiger partial charge in [-0.2, -0.15) is 13.2 Å². The van der Waals surface area contributed by atoms with Crippen LogP contribution in [-0.2, 0) is 11.0 Å². The van der Waals surface area contributed by atoms with Gasteiger partial charge in [-0.1, -0.05) is 23.7 Å². The zero-order chi connectivity index (χ0) is 22.0. The summed E-state index contributed by atoms with van der Waals surface area (Å²) in [6.45, 7) is -0.160. The van der Waals surface area contributed by atoms with Crippen molar-refractivity contribution in [3.05, 3.63) is 71.9 Å². The van der Waals surface area contributed by atoms with Crippen LogP contribution in [0.4, 0.5) is 24.7 Å². The van der Waals surface area contributed by atoms with Gasteiger partial charge in [0.05, 0.1) is 35.2 Å². The Balaban J connectivity index is 1.39. The molecule has 11 heteroatoms. The maximum Gasteiger partial charge on any atom is 0.418 e. The van der Waals surface area contributed by atoms with Gasteiger partial charge >= 0.3 is 6.18 Å². The molecule has 0 spiro atoms. The molecule has 0 radical (unpaired) electrons. The van der Waals surface area contributed by atoms with E-state index < -0.39 is 22.7 Å². The maximum atomic E-state index is 12.9. The number of hydrogen-bond acceptors (Lipinski definition) is 5. The van der Waals surface area contributed by atoms with Gasteiger partial charge in [-0.25, -0.2) is 9.97 Å². The molecule has 0 aliphatic rings. The molecule has 2 N–H and O–H groups in total. The van der Waals surface area contributed by atoms with Crippen LogP contribution in [0.3, 0.4) is 0 Å². The monoisotopic (exact) mass is 446 g/mol. The number of pyridine rings is 1. The fourth-order valence-electron chi connectivity index (χ4n) is 2.91. The largest absolute Gasteiger partial charge is 0.418 e. The first kappa shape index (κ1) is 20.6. The molecular formula is C20H14ClF3N6O. The van der Waals surface area contributed by atoms with Crippen LogP contribution in [0, 0.1) is 0 Å². The number of halogens is 4. The number of rotatable bonds is 5. The van der Waals surface area contributed by atoms with E-state index in [1.54, 1.807) is 30.7 Å². The molecule has 3 heterocycles. The minimum absolute atomic E-state index is 0.160. The van der Waals surface area contributed by atoms with Gasteiger partial charge in [0, 0.05) is 29.8 Å². The predicted molar refractivity (Wildman–Crippen MR) is 110 cm³/mol. The molecule has 0 saturated carbocycles. The summed E-state index contributed by atoms with van der Waals surface area (Å²) in [5.74, 6) is -0.790. The van der Waals surface area contributed by atoms with E-state index in [-0.39, 0.29) is 12.4 Å². The van der Waals surface area contributed by atoms with Crippen LogP contribution in [0.5, 0.6) is 0 Å². The Morgan fingerprint density at radius 3 is 2.61 bits per heavy atom. The van der Waals surface area contributed by atoms with E-state index >= 15 is 0 Å². The summed E-state index contributed by atoms with van der Waals surface area (Å²) in [6, 6.07) is 7.98. The number of nitrogens with one attached hydrogen (secondary N) is 2. The highest BCUT2D eigenvalue weighted by Crippen LogP contribution is 2.35. The normalized spacial score (nSPS) is 11.5. The molecule has 0 bridgehead atoms. The highest BCUT2D eigenvalue weighted by molar-refractivity contribution is 6.31. The van der Waals surface area contributed by atoms with Crippen LogP contribution in [0.15, 0.2) is 61.3 Å². The Morgan fingerprint density at radius 1 is 1.10 bits per heavy atom. The van der Waals surface area contributed by atoms with Crippen LogP contribution in [0.2, 0.25) is 5.02 Å². The van der Waals surface area contributed by atoms with Gasteiger partial charge in [-0.15, -0.1) is 0 Å². The van der Waals surface area contributed by atoms with Crippen LogP contribution in [-0.4, -0.2) is 31.8 Å². The number of benzene rings is 1. The number of carbonyl (C=O) groups is 1. The number of alkyl halides is 3. The Bertz CT molecular complexity index is 1240. The number of nitrogens with zero attached hydrogens (tertiary/aromatic N) is 4. The van der Waals surface area contributed by atoms with Gasteiger partial charge in [-0.3, -0.25) is 14.2 Å². The number of fused-ring (bicyclic) bond motifs is 1. The minimum Gasteiger partial charge on any atom is -0.376 e. The summed E-state index contributed by atoms with van der Waals surface area (Å²) in [7, 11) is 0. The molecule has 3 aromatic heterocycles. The molecular weight excluding hydrogens is 433 g/mol. The molecule has 158 valence electrons. The summed E-state index contributed by atoms with van der Waals surface area (Å²) in [5, 5.41) is 4.69. The first-order chi connectivity index (χ1) is 14.8. The lowest BCUT2D eigenvalue weighted by atomic mass is 10.1. The van der Waals surface area contributed by atoms with Gasteiger partial charge in [0.15, 0.2) is 5.65 Å². The van der Waals surface area contributed by atoms with E-state index in [1.165, 1.54) is 0 Å². The molecule has 31 heavy (non-hydrogen) atoms. The zero-order valence-corrected chi connectivity index (χ0v) is 16.4. The van der Waals surface area contributed by atoms with Crippen LogP contribution >= 0.6 is 11.6 Å². The number of amides is 1. The molecule has 0 saturated heterocycles. The third-order valence-electron chi connectivity index (χ3n) is 4.38. The minimum atomic E-state index is -4.64. The van der Waals surface area contributed by atoms with Gasteiger partial charge in [-0.05, 0) is 18.2 Å². The van der Waals surface area contributed by atoms with Crippen LogP contribution in [0.1, 0.15) is 5.56 Å². The van der Waals surface area contributed by atoms with Crippen molar-refractivity contribution in [3.63, 3.8) is 0 Å². The van der Waals surface area contributed by atoms with E-state index in [2.05, 4.69) is 25.6 Å². The zero-order valence-electron chi connectivity index (χ0n) is 15.7. The standard InChI is InChI=1S/C20H14ClF3N6O/c21-15-8-27-17(7-14(15)20(22,23)24)29-19(31)11-26-13-3-1-12(2-4-13)16-9-28-18-10-25-5-6-30(16)18/h1-10,26H,11H2,(H,27,29,31). The fourth-order valence-corrected chi connectivity index (χ4v) is 3.12. The average molecular weight is 447 g/mol. The lowest BCUT2D eigenvalue weighted by molar-refractivity contribution is -0.137. The molecule has 0 aliphatic carbocycles. The van der Waals surface area contributed by atoms with Gasteiger partial charge in [0.2, 0.25) is 5.91 Å². The van der Waals surface area contributed by atoms with Crippen molar-refractivity contribution in [3.8, 4) is 11.3 Å². The lowest BCUT2D eigenvalue weighted by Crippen LogP contribution is -2.22. The Hall–Kier alpha value is -3.66. The average Bonchev–Trinajstić information content (AvgIpc) is 3.17. The first-order valence-electron chi connectivity index (χ1n) is 8.95. The summed E-state index contributed by atoms with van der Waals surface area (Å²) in [4.78, 5) is 24.1. The van der Waals surface area contributed by atoms with Gasteiger partial charge < -0.3 is 10.6 Å². The quantitative estimate of drug-likeness (QED) is 0.471. The second-order valence-corrected chi connectivity index (χ2v) is 6.88. The smallest absolute Gasteiger partial charge is 0.376 e. The van der Waals surface area contributed by atoms with Gasteiger partial charge in [0.25, 0.3) is 0 Å². The number of aromatic nitrogens is 4. The molecule has 0 fully saturated rings. The van der Waals surface area contributed by atoms with Crippen molar-refractivity contribution in [2.45, 2.75) is 6.18 Å². The molecule has 7 nitrogen and oxygen atoms in total. The number of imidazole rings is 1. The lowest BCUT2D eigenvalue weighted by Gasteiger charge is -2.11. The molecule has 0 atom stereocenters. The van der Waals surface area contributed by atoms with E-state index in [0.717, 1.165) is 23.1 Å². The van der Waals surface area contributed by atoms with Crippen molar-refractivity contribution in [2.75, 3.05) is 17.2 Å². The van der Waals surface area contributed by atoms with Gasteiger partial charge in [0.1, 0.15) is 5.82 Å².